The van der Waals surface area contributed by atoms with Gasteiger partial charge in [0.2, 0.25) is 0 Å². The minimum absolute atomic E-state index is 0.293. The molecule has 0 spiro atoms. The molecule has 0 aliphatic carbocycles. The minimum Gasteiger partial charge on any atom is -0.306 e. The number of hydrogen-bond acceptors (Lipinski definition) is 2. The smallest absolute Gasteiger partial charge is 0.0453 e. The number of hydrogen-bond donors (Lipinski definition) is 2. The van der Waals surface area contributed by atoms with E-state index in [9.17, 15) is 0 Å². The zero-order chi connectivity index (χ0) is 16.4. The van der Waals surface area contributed by atoms with Crippen LogP contribution in [-0.2, 0) is 0 Å². The molecule has 0 fully saturated rings. The molecule has 0 saturated heterocycles. The maximum absolute atomic E-state index is 6.39. The zero-order valence-corrected chi connectivity index (χ0v) is 15.6. The topological polar surface area (TPSA) is 12.0 Å². The molecule has 1 rings (SSSR count). The Labute approximate surface area is 146 Å². The summed E-state index contributed by atoms with van der Waals surface area (Å²) >= 11 is 10.6. The highest BCUT2D eigenvalue weighted by molar-refractivity contribution is 7.83. The lowest BCUT2D eigenvalue weighted by Gasteiger charge is -2.21. The molecule has 0 radical (unpaired) electrons. The lowest BCUT2D eigenvalue weighted by molar-refractivity contribution is 0.500. The molecule has 1 aromatic carbocycles. The van der Waals surface area contributed by atoms with E-state index < -0.39 is 0 Å². The Morgan fingerprint density at radius 2 is 2.05 bits per heavy atom. The first-order valence-corrected chi connectivity index (χ1v) is 9.00. The molecule has 1 atom stereocenters. The SMILES string of the molecule is CCCCC(NCC(/C=C\S)=C(/C)CC)c1ccccc1Cl. The summed E-state index contributed by atoms with van der Waals surface area (Å²) in [6.07, 6.45) is 6.62. The van der Waals surface area contributed by atoms with Crippen molar-refractivity contribution in [3.63, 3.8) is 0 Å². The Bertz CT molecular complexity index is 508. The standard InChI is InChI=1S/C19H28ClNS/c1-4-6-11-19(17-9-7-8-10-18(17)20)21-14-16(12-13-22)15(3)5-2/h7-10,12-13,19,21-22H,4-6,11,14H2,1-3H3/b13-12-,16-15-. The molecule has 3 heteroatoms. The van der Waals surface area contributed by atoms with Crippen molar-refractivity contribution in [3.8, 4) is 0 Å². The van der Waals surface area contributed by atoms with Crippen LogP contribution in [0, 0.1) is 0 Å². The second-order valence-corrected chi connectivity index (χ2v) is 6.28. The number of thiol groups is 1. The summed E-state index contributed by atoms with van der Waals surface area (Å²) in [5.41, 5.74) is 3.90. The third kappa shape index (κ3) is 6.20. The molecule has 122 valence electrons. The maximum atomic E-state index is 6.39. The van der Waals surface area contributed by atoms with Crippen LogP contribution in [0.5, 0.6) is 0 Å². The van der Waals surface area contributed by atoms with E-state index in [-0.39, 0.29) is 0 Å². The van der Waals surface area contributed by atoms with Crippen molar-refractivity contribution < 1.29 is 0 Å². The fourth-order valence-electron chi connectivity index (χ4n) is 2.44. The summed E-state index contributed by atoms with van der Waals surface area (Å²) in [7, 11) is 0. The van der Waals surface area contributed by atoms with E-state index in [1.807, 2.05) is 17.5 Å². The highest BCUT2D eigenvalue weighted by atomic mass is 35.5. The Morgan fingerprint density at radius 3 is 2.64 bits per heavy atom. The van der Waals surface area contributed by atoms with E-state index in [1.165, 1.54) is 29.6 Å². The number of halogens is 1. The Morgan fingerprint density at radius 1 is 1.32 bits per heavy atom. The van der Waals surface area contributed by atoms with Gasteiger partial charge in [0.25, 0.3) is 0 Å². The van der Waals surface area contributed by atoms with Gasteiger partial charge < -0.3 is 5.32 Å². The number of nitrogens with one attached hydrogen (secondary N) is 1. The molecule has 1 N–H and O–H groups in total. The van der Waals surface area contributed by atoms with Crippen LogP contribution in [0.25, 0.3) is 0 Å². The van der Waals surface area contributed by atoms with E-state index >= 15 is 0 Å². The summed E-state index contributed by atoms with van der Waals surface area (Å²) in [4.78, 5) is 0. The summed E-state index contributed by atoms with van der Waals surface area (Å²) < 4.78 is 0. The van der Waals surface area contributed by atoms with E-state index in [2.05, 4.69) is 56.9 Å². The predicted octanol–water partition coefficient (Wildman–Crippen LogP) is 6.33. The quantitative estimate of drug-likeness (QED) is 0.396. The molecule has 0 amide bonds. The molecule has 0 aliphatic heterocycles. The van der Waals surface area contributed by atoms with Crippen molar-refractivity contribution in [3.05, 3.63) is 57.5 Å². The fourth-order valence-corrected chi connectivity index (χ4v) is 2.88. The zero-order valence-electron chi connectivity index (χ0n) is 13.9. The number of rotatable bonds is 9. The van der Waals surface area contributed by atoms with Crippen molar-refractivity contribution in [1.82, 2.24) is 5.32 Å². The monoisotopic (exact) mass is 337 g/mol. The first-order valence-electron chi connectivity index (χ1n) is 8.11. The van der Waals surface area contributed by atoms with Crippen molar-refractivity contribution in [1.29, 1.82) is 0 Å². The van der Waals surface area contributed by atoms with Gasteiger partial charge in [0.1, 0.15) is 0 Å². The second kappa shape index (κ2) is 10.9. The minimum atomic E-state index is 0.293. The number of benzene rings is 1. The third-order valence-electron chi connectivity index (χ3n) is 4.02. The maximum Gasteiger partial charge on any atom is 0.0453 e. The Kier molecular flexibility index (Phi) is 9.61. The number of unbranched alkanes of at least 4 members (excludes halogenated alkanes) is 1. The van der Waals surface area contributed by atoms with E-state index in [0.717, 1.165) is 24.4 Å². The first-order chi connectivity index (χ1) is 10.6. The molecule has 22 heavy (non-hydrogen) atoms. The Balaban J connectivity index is 2.88. The van der Waals surface area contributed by atoms with Crippen molar-refractivity contribution >= 4 is 24.2 Å². The van der Waals surface area contributed by atoms with Crippen LogP contribution in [0.1, 0.15) is 58.1 Å². The second-order valence-electron chi connectivity index (χ2n) is 5.57. The molecule has 0 saturated carbocycles. The van der Waals surface area contributed by atoms with Crippen LogP contribution in [0.3, 0.4) is 0 Å². The van der Waals surface area contributed by atoms with Gasteiger partial charge >= 0.3 is 0 Å². The van der Waals surface area contributed by atoms with E-state index in [0.29, 0.717) is 6.04 Å². The van der Waals surface area contributed by atoms with Crippen LogP contribution in [0.4, 0.5) is 0 Å². The van der Waals surface area contributed by atoms with Crippen LogP contribution >= 0.6 is 24.2 Å². The van der Waals surface area contributed by atoms with Crippen LogP contribution in [0.2, 0.25) is 5.02 Å². The van der Waals surface area contributed by atoms with Gasteiger partial charge in [0.15, 0.2) is 0 Å². The van der Waals surface area contributed by atoms with Gasteiger partial charge in [-0.3, -0.25) is 0 Å². The van der Waals surface area contributed by atoms with E-state index in [4.69, 9.17) is 11.6 Å². The average molecular weight is 338 g/mol. The molecule has 1 unspecified atom stereocenters. The lowest BCUT2D eigenvalue weighted by Crippen LogP contribution is -2.24. The molecule has 1 aromatic rings. The largest absolute Gasteiger partial charge is 0.306 e. The first kappa shape index (κ1) is 19.3. The summed E-state index contributed by atoms with van der Waals surface area (Å²) in [6, 6.07) is 8.43. The molecule has 0 aromatic heterocycles. The molecule has 0 bridgehead atoms. The highest BCUT2D eigenvalue weighted by Crippen LogP contribution is 2.27. The van der Waals surface area contributed by atoms with E-state index in [1.54, 1.807) is 0 Å². The number of allylic oxidation sites excluding steroid dienone is 1. The van der Waals surface area contributed by atoms with Crippen molar-refractivity contribution in [2.45, 2.75) is 52.5 Å². The summed E-state index contributed by atoms with van der Waals surface area (Å²) in [5.74, 6) is 0. The normalized spacial score (nSPS) is 14.2. The van der Waals surface area contributed by atoms with Gasteiger partial charge in [0.05, 0.1) is 0 Å². The predicted molar refractivity (Wildman–Crippen MR) is 103 cm³/mol. The van der Waals surface area contributed by atoms with Gasteiger partial charge in [0, 0.05) is 17.6 Å². The Hall–Kier alpha value is -0.700. The third-order valence-corrected chi connectivity index (χ3v) is 4.51. The molecule has 0 aliphatic rings. The van der Waals surface area contributed by atoms with Gasteiger partial charge in [-0.1, -0.05) is 68.1 Å². The van der Waals surface area contributed by atoms with Gasteiger partial charge in [-0.25, -0.2) is 0 Å². The molecule has 0 heterocycles. The van der Waals surface area contributed by atoms with Gasteiger partial charge in [-0.15, -0.1) is 0 Å². The highest BCUT2D eigenvalue weighted by Gasteiger charge is 2.14. The van der Waals surface area contributed by atoms with Crippen LogP contribution in [0.15, 0.2) is 46.9 Å². The molecular weight excluding hydrogens is 310 g/mol. The van der Waals surface area contributed by atoms with Gasteiger partial charge in [-0.2, -0.15) is 12.6 Å². The average Bonchev–Trinajstić information content (AvgIpc) is 2.54. The molecule has 1 nitrogen and oxygen atoms in total. The summed E-state index contributed by atoms with van der Waals surface area (Å²) in [5, 5.41) is 6.34. The van der Waals surface area contributed by atoms with Crippen molar-refractivity contribution in [2.24, 2.45) is 0 Å². The van der Waals surface area contributed by atoms with Crippen LogP contribution < -0.4 is 5.32 Å². The van der Waals surface area contributed by atoms with Gasteiger partial charge in [-0.05, 0) is 42.4 Å². The van der Waals surface area contributed by atoms with Crippen LogP contribution in [-0.4, -0.2) is 6.54 Å². The summed E-state index contributed by atoms with van der Waals surface area (Å²) in [6.45, 7) is 7.43. The van der Waals surface area contributed by atoms with Crippen molar-refractivity contribution in [2.75, 3.05) is 6.54 Å². The lowest BCUT2D eigenvalue weighted by atomic mass is 10.00. The molecular formula is C19H28ClNS. The fraction of sp³-hybridized carbons (Fsp3) is 0.474.